The zero-order valence-corrected chi connectivity index (χ0v) is 58.6. The van der Waals surface area contributed by atoms with Crippen LogP contribution in [0.1, 0.15) is 30.4 Å². The molecule has 7 aliphatic rings. The van der Waals surface area contributed by atoms with Gasteiger partial charge in [0.2, 0.25) is 0 Å². The van der Waals surface area contributed by atoms with E-state index >= 15 is 0 Å². The molecule has 0 radical (unpaired) electrons. The molecule has 7 saturated heterocycles. The van der Waals surface area contributed by atoms with Crippen LogP contribution in [0.4, 0.5) is 0 Å². The first-order valence-corrected chi connectivity index (χ1v) is 43.4. The summed E-state index contributed by atoms with van der Waals surface area (Å²) >= 11 is 0. The molecule has 498 valence electrons. The smallest absolute Gasteiger partial charge is 0.269 e. The zero-order chi connectivity index (χ0) is 64.1. The van der Waals surface area contributed by atoms with Crippen molar-refractivity contribution in [1.82, 2.24) is 37.6 Å². The van der Waals surface area contributed by atoms with Crippen molar-refractivity contribution in [1.29, 1.82) is 0 Å². The van der Waals surface area contributed by atoms with Gasteiger partial charge in [-0.05, 0) is 48.8 Å². The molecular weight excluding hydrogens is 1250 g/mol. The van der Waals surface area contributed by atoms with Crippen LogP contribution in [-0.4, -0.2) is 330 Å². The summed E-state index contributed by atoms with van der Waals surface area (Å²) in [4.78, 5) is 2.14. The van der Waals surface area contributed by atoms with Crippen molar-refractivity contribution in [3.05, 3.63) is 0 Å². The fourth-order valence-corrected chi connectivity index (χ4v) is 20.8. The van der Waals surface area contributed by atoms with Crippen LogP contribution in [0.5, 0.6) is 0 Å². The van der Waals surface area contributed by atoms with Gasteiger partial charge in [-0.2, -0.15) is 0 Å². The van der Waals surface area contributed by atoms with Crippen LogP contribution in [0.2, 0.25) is 0 Å². The number of morpholine rings is 7. The number of nitrogens with zero attached hydrogens (tertiary/aromatic N) is 8. The minimum absolute atomic E-state index is 0.0148. The maximum Gasteiger partial charge on any atom is 0.269 e. The molecular formula is C49H101N8O21P7. The Labute approximate surface area is 508 Å². The van der Waals surface area contributed by atoms with Crippen molar-refractivity contribution in [3.63, 3.8) is 0 Å². The van der Waals surface area contributed by atoms with Crippen molar-refractivity contribution in [2.75, 3.05) is 225 Å². The van der Waals surface area contributed by atoms with E-state index in [4.69, 9.17) is 67.6 Å². The van der Waals surface area contributed by atoms with Crippen LogP contribution < -0.4 is 0 Å². The van der Waals surface area contributed by atoms with Crippen LogP contribution in [0.3, 0.4) is 0 Å². The van der Waals surface area contributed by atoms with Gasteiger partial charge >= 0.3 is 0 Å². The van der Waals surface area contributed by atoms with E-state index < -0.39 is 109 Å². The van der Waals surface area contributed by atoms with Crippen molar-refractivity contribution >= 4 is 52.6 Å². The molecule has 29 nitrogen and oxygen atoms in total. The largest absolute Gasteiger partial charge is 0.373 e. The van der Waals surface area contributed by atoms with Crippen molar-refractivity contribution in [2.45, 2.75) is 94.8 Å². The van der Waals surface area contributed by atoms with E-state index in [9.17, 15) is 32.0 Å². The number of ether oxygens (including phenoxy) is 7. The number of rotatable bonds is 28. The molecule has 7 aliphatic heterocycles. The number of hydrogen-bond acceptors (Lipinski definition) is 22. The van der Waals surface area contributed by atoms with Crippen molar-refractivity contribution < 1.29 is 99.5 Å². The van der Waals surface area contributed by atoms with Gasteiger partial charge in [-0.3, -0.25) is 32.0 Å². The molecule has 0 spiro atoms. The highest BCUT2D eigenvalue weighted by atomic mass is 31.2. The van der Waals surface area contributed by atoms with Crippen LogP contribution in [0.15, 0.2) is 0 Å². The van der Waals surface area contributed by atoms with E-state index in [1.165, 1.54) is 49.3 Å². The van der Waals surface area contributed by atoms with Crippen LogP contribution in [0, 0.1) is 0 Å². The Hall–Kier alpha value is 0.730. The average Bonchev–Trinajstić information content (AvgIpc) is 1.51. The molecule has 0 aromatic rings. The topological polar surface area (TPSA) is 275 Å². The van der Waals surface area contributed by atoms with Crippen LogP contribution in [0.25, 0.3) is 0 Å². The Balaban J connectivity index is 0.832. The molecule has 7 rings (SSSR count). The van der Waals surface area contributed by atoms with Crippen LogP contribution in [-0.2, 0) is 96.8 Å². The molecule has 7 fully saturated rings. The minimum atomic E-state index is -3.61. The molecule has 0 aliphatic carbocycles. The zero-order valence-electron chi connectivity index (χ0n) is 54.3. The van der Waals surface area contributed by atoms with E-state index in [2.05, 4.69) is 4.90 Å². The van der Waals surface area contributed by atoms with Gasteiger partial charge in [-0.15, -0.1) is 0 Å². The Morgan fingerprint density at radius 1 is 0.376 bits per heavy atom. The molecule has 0 aromatic heterocycles. The van der Waals surface area contributed by atoms with E-state index in [1.54, 1.807) is 44.1 Å². The molecule has 20 atom stereocenters. The molecule has 85 heavy (non-hydrogen) atoms. The van der Waals surface area contributed by atoms with Gasteiger partial charge in [0.25, 0.3) is 52.6 Å². The highest BCUT2D eigenvalue weighted by Crippen LogP contribution is 2.55. The third-order valence-corrected chi connectivity index (χ3v) is 29.8. The third-order valence-electron chi connectivity index (χ3n) is 15.8. The lowest BCUT2D eigenvalue weighted by molar-refractivity contribution is -0.0866. The van der Waals surface area contributed by atoms with Crippen LogP contribution >= 0.6 is 52.6 Å². The summed E-state index contributed by atoms with van der Waals surface area (Å²) in [6.07, 6.45) is -5.12. The highest BCUT2D eigenvalue weighted by Gasteiger charge is 2.44. The average molecular weight is 1360 g/mol. The van der Waals surface area contributed by atoms with Gasteiger partial charge in [0.05, 0.1) is 136 Å². The first-order chi connectivity index (χ1) is 40.4. The third kappa shape index (κ3) is 21.9. The summed E-state index contributed by atoms with van der Waals surface area (Å²) < 4.78 is 210. The minimum Gasteiger partial charge on any atom is -0.373 e. The van der Waals surface area contributed by atoms with Gasteiger partial charge in [-0.25, -0.2) is 32.7 Å². The predicted molar refractivity (Wildman–Crippen MR) is 324 cm³/mol. The van der Waals surface area contributed by atoms with Gasteiger partial charge in [-0.1, -0.05) is 0 Å². The first-order valence-electron chi connectivity index (χ1n) is 30.4. The van der Waals surface area contributed by atoms with E-state index in [0.29, 0.717) is 19.6 Å². The molecule has 0 N–H and O–H groups in total. The Bertz CT molecular complexity index is 2600. The molecule has 0 bridgehead atoms. The normalized spacial score (nSPS) is 38.1. The second kappa shape index (κ2) is 31.3. The summed E-state index contributed by atoms with van der Waals surface area (Å²) in [7, 11) is -18.5. The second-order valence-corrected chi connectivity index (χ2v) is 41.4. The fourth-order valence-electron chi connectivity index (χ4n) is 10.9. The van der Waals surface area contributed by atoms with Gasteiger partial charge in [0, 0.05) is 138 Å². The van der Waals surface area contributed by atoms with E-state index in [-0.39, 0.29) is 143 Å². The molecule has 0 aromatic carbocycles. The fraction of sp³-hybridized carbons (Fsp3) is 1.00. The van der Waals surface area contributed by atoms with E-state index in [1.807, 2.05) is 34.7 Å². The first kappa shape index (κ1) is 70.1. The number of hydrogen-bond donors (Lipinski definition) is 0. The molecule has 7 heterocycles. The Morgan fingerprint density at radius 2 is 0.647 bits per heavy atom. The van der Waals surface area contributed by atoms with Crippen molar-refractivity contribution in [3.8, 4) is 0 Å². The summed E-state index contributed by atoms with van der Waals surface area (Å²) in [5.74, 6) is 0. The molecule has 36 heteroatoms. The SMILES string of the molecule is [3H][C@@H]1CN(P(C)(=O)OC[C@@H]2CN(P(C)(=O)OC[C@@H]3CN(P(C)(=O)OC[C@@H]4CN(C)C[C@H](C)O4)C[C@H]([3H])O3)C[C@H](C)O2)C[C@@H](COP(C)(=O)N2CCO[C@H](COP(C)(=O)N3C[C@@H](COP(C)(=O)N4C[C@@H](COP(C)(=O)N(C)C)O[C@@H](C)C4)O[C@@H](C)C3)C2)O1. The van der Waals surface area contributed by atoms with E-state index in [0.717, 1.165) is 6.54 Å². The Kier molecular flexibility index (Phi) is 25.8. The summed E-state index contributed by atoms with van der Waals surface area (Å²) in [6, 6.07) is 0. The van der Waals surface area contributed by atoms with Gasteiger partial charge < -0.3 is 69.7 Å². The second-order valence-electron chi connectivity index (χ2n) is 24.1. The molecule has 0 saturated carbocycles. The summed E-state index contributed by atoms with van der Waals surface area (Å²) in [5.41, 5.74) is 0. The van der Waals surface area contributed by atoms with Crippen molar-refractivity contribution in [2.24, 2.45) is 0 Å². The maximum atomic E-state index is 14.3. The predicted octanol–water partition coefficient (Wildman–Crippen LogP) is 5.51. The monoisotopic (exact) mass is 1360 g/mol. The lowest BCUT2D eigenvalue weighted by atomic mass is 10.2. The number of likely N-dealkylation sites (N-methyl/N-ethyl adjacent to an activating group) is 1. The highest BCUT2D eigenvalue weighted by molar-refractivity contribution is 7.57. The summed E-state index contributed by atoms with van der Waals surface area (Å²) in [5, 5.41) is 0. The maximum absolute atomic E-state index is 14.3. The quantitative estimate of drug-likeness (QED) is 0.0873. The molecule has 7 unspecified atom stereocenters. The summed E-state index contributed by atoms with van der Waals surface area (Å²) in [6.45, 7) is 19.2. The van der Waals surface area contributed by atoms with Gasteiger partial charge in [0.15, 0.2) is 0 Å². The lowest BCUT2D eigenvalue weighted by Gasteiger charge is -2.42. The van der Waals surface area contributed by atoms with Gasteiger partial charge in [0.1, 0.15) is 0 Å². The Morgan fingerprint density at radius 3 is 0.988 bits per heavy atom. The standard InChI is InChI=1S/C49H101N8O21P7/c1-39-21-51(7)25-46(75-39)35-72-81(10,60)53-16-20-67-45(28-53)34-71-83(12,62)55-22-41(3)77-48(30-55)37-73-82(11,61)54-17-19-65-43(26-54)32-69-80(9,59)52-15-18-66-44(27-52)33-70-84(13,63)56-23-42(4)78-49(31-56)38-74-85(14,64)57-24-40(2)76-47(29-57)36-68-79(8,58)50(5)6/h39-49H,15-38H2,1-14H3/t39-,40-,41-,42-,43-,44-,45-,46-,47-,48-,49-,79?,80?,81?,82?,83?,84?,85?/m0/s1/i19T,20T/t19-,20+,39+,40+,41+,42+,43+,44+,45+,46+,47+,48+,49+,79?,80?,81?,82?,83?,84?,85?/m1. The molecule has 0 amide bonds. The lowest BCUT2D eigenvalue weighted by Crippen LogP contribution is -2.48.